The van der Waals surface area contributed by atoms with Crippen molar-refractivity contribution in [1.29, 1.82) is 0 Å². The fraction of sp³-hybridized carbons (Fsp3) is 0.889. The van der Waals surface area contributed by atoms with Gasteiger partial charge in [0, 0.05) is 0 Å². The fourth-order valence-corrected chi connectivity index (χ4v) is 1.12. The predicted molar refractivity (Wildman–Crippen MR) is 47.3 cm³/mol. The van der Waals surface area contributed by atoms with E-state index in [2.05, 4.69) is 0 Å². The third kappa shape index (κ3) is 4.66. The standard InChI is InChI=1S/C9H18N.Li/c1-8(2,3)7(10)9(4,5)6;/h1-6H3;/q-1;+1. The van der Waals surface area contributed by atoms with Gasteiger partial charge in [-0.15, -0.1) is 0 Å². The van der Waals surface area contributed by atoms with Crippen LogP contribution in [0.4, 0.5) is 0 Å². The number of hydrogen-bond acceptors (Lipinski definition) is 0. The Morgan fingerprint density at radius 3 is 1.00 bits per heavy atom. The molecule has 0 heterocycles. The first-order valence-electron chi connectivity index (χ1n) is 3.72. The summed E-state index contributed by atoms with van der Waals surface area (Å²) in [5.41, 5.74) is 0.399. The minimum atomic E-state index is -0.0851. The summed E-state index contributed by atoms with van der Waals surface area (Å²) in [5.74, 6) is 0. The molecule has 0 aliphatic rings. The topological polar surface area (TPSA) is 22.3 Å². The molecule has 0 saturated heterocycles. The molecule has 0 fully saturated rings. The molecular formula is C9H18LiN. The SMILES string of the molecule is CC(C)(C)C(=[N-])C(C)(C)C.[Li+]. The smallest absolute Gasteiger partial charge is 0.810 e. The molecule has 60 valence electrons. The van der Waals surface area contributed by atoms with Crippen molar-refractivity contribution in [2.75, 3.05) is 0 Å². The Morgan fingerprint density at radius 2 is 1.00 bits per heavy atom. The minimum Gasteiger partial charge on any atom is -0.810 e. The van der Waals surface area contributed by atoms with Crippen LogP contribution in [0.2, 0.25) is 0 Å². The van der Waals surface area contributed by atoms with Crippen molar-refractivity contribution in [3.05, 3.63) is 5.41 Å². The Labute approximate surface area is 82.6 Å². The van der Waals surface area contributed by atoms with Gasteiger partial charge in [-0.05, 0) is 10.8 Å². The maximum atomic E-state index is 9.64. The molecule has 0 radical (unpaired) electrons. The zero-order valence-corrected chi connectivity index (χ0v) is 8.95. The molecule has 0 bridgehead atoms. The van der Waals surface area contributed by atoms with E-state index in [1.807, 2.05) is 41.5 Å². The third-order valence-electron chi connectivity index (χ3n) is 1.42. The van der Waals surface area contributed by atoms with Crippen LogP contribution in [0.5, 0.6) is 0 Å². The van der Waals surface area contributed by atoms with Crippen LogP contribution in [0.15, 0.2) is 0 Å². The van der Waals surface area contributed by atoms with E-state index in [9.17, 15) is 5.41 Å². The average Bonchev–Trinajstić information content (AvgIpc) is 1.59. The molecule has 0 spiro atoms. The van der Waals surface area contributed by atoms with Crippen molar-refractivity contribution in [3.63, 3.8) is 0 Å². The van der Waals surface area contributed by atoms with E-state index in [-0.39, 0.29) is 29.7 Å². The van der Waals surface area contributed by atoms with Crippen LogP contribution in [0.25, 0.3) is 5.41 Å². The molecule has 0 atom stereocenters. The molecule has 0 rings (SSSR count). The summed E-state index contributed by atoms with van der Waals surface area (Å²) >= 11 is 0. The first kappa shape index (κ1) is 13.8. The summed E-state index contributed by atoms with van der Waals surface area (Å²) in [6.07, 6.45) is 0. The molecule has 2 heteroatoms. The molecule has 0 saturated carbocycles. The molecule has 0 aromatic rings. The summed E-state index contributed by atoms with van der Waals surface area (Å²) < 4.78 is 0. The van der Waals surface area contributed by atoms with Gasteiger partial charge in [0.15, 0.2) is 0 Å². The molecule has 0 N–H and O–H groups in total. The van der Waals surface area contributed by atoms with E-state index >= 15 is 0 Å². The predicted octanol–water partition coefficient (Wildman–Crippen LogP) is 0.0930. The second-order valence-corrected chi connectivity index (χ2v) is 4.85. The molecule has 0 aliphatic heterocycles. The van der Waals surface area contributed by atoms with E-state index < -0.39 is 0 Å². The molecule has 0 aromatic heterocycles. The first-order chi connectivity index (χ1) is 4.15. The van der Waals surface area contributed by atoms with Crippen LogP contribution in [-0.4, -0.2) is 5.71 Å². The van der Waals surface area contributed by atoms with Crippen LogP contribution in [0.3, 0.4) is 0 Å². The van der Waals surface area contributed by atoms with Crippen LogP contribution in [0, 0.1) is 10.8 Å². The zero-order valence-electron chi connectivity index (χ0n) is 8.95. The van der Waals surface area contributed by atoms with Gasteiger partial charge in [-0.2, -0.15) is 5.71 Å². The Bertz CT molecular complexity index is 121. The normalized spacial score (nSPS) is 12.2. The van der Waals surface area contributed by atoms with Gasteiger partial charge >= 0.3 is 18.9 Å². The van der Waals surface area contributed by atoms with Gasteiger partial charge in [0.1, 0.15) is 0 Å². The molecule has 0 aliphatic carbocycles. The second-order valence-electron chi connectivity index (χ2n) is 4.85. The van der Waals surface area contributed by atoms with Gasteiger partial charge in [-0.1, -0.05) is 41.5 Å². The van der Waals surface area contributed by atoms with Gasteiger partial charge in [-0.3, -0.25) is 0 Å². The Kier molecular flexibility index (Phi) is 4.76. The summed E-state index contributed by atoms with van der Waals surface area (Å²) in [7, 11) is 0. The molecular weight excluding hydrogens is 129 g/mol. The van der Waals surface area contributed by atoms with Gasteiger partial charge in [-0.25, -0.2) is 0 Å². The van der Waals surface area contributed by atoms with Crippen LogP contribution in [-0.2, 0) is 0 Å². The quantitative estimate of drug-likeness (QED) is 0.342. The van der Waals surface area contributed by atoms with Crippen molar-refractivity contribution in [2.24, 2.45) is 10.8 Å². The van der Waals surface area contributed by atoms with E-state index in [1.165, 1.54) is 0 Å². The van der Waals surface area contributed by atoms with Gasteiger partial charge in [0.25, 0.3) is 0 Å². The van der Waals surface area contributed by atoms with E-state index in [4.69, 9.17) is 0 Å². The Morgan fingerprint density at radius 1 is 0.818 bits per heavy atom. The molecule has 1 nitrogen and oxygen atoms in total. The summed E-state index contributed by atoms with van der Waals surface area (Å²) in [6, 6.07) is 0. The van der Waals surface area contributed by atoms with Crippen LogP contribution in [0.1, 0.15) is 41.5 Å². The molecule has 0 unspecified atom stereocenters. The van der Waals surface area contributed by atoms with E-state index in [0.29, 0.717) is 5.71 Å². The van der Waals surface area contributed by atoms with E-state index in [0.717, 1.165) is 0 Å². The minimum absolute atomic E-state index is 0. The van der Waals surface area contributed by atoms with Crippen molar-refractivity contribution in [2.45, 2.75) is 41.5 Å². The largest absolute Gasteiger partial charge is 1.00 e. The van der Waals surface area contributed by atoms with Crippen molar-refractivity contribution < 1.29 is 18.9 Å². The number of rotatable bonds is 0. The fourth-order valence-electron chi connectivity index (χ4n) is 1.12. The zero-order chi connectivity index (χ0) is 8.58. The molecule has 0 amide bonds. The monoisotopic (exact) mass is 147 g/mol. The van der Waals surface area contributed by atoms with Crippen molar-refractivity contribution in [3.8, 4) is 0 Å². The molecule has 11 heavy (non-hydrogen) atoms. The summed E-state index contributed by atoms with van der Waals surface area (Å²) in [4.78, 5) is 0. The van der Waals surface area contributed by atoms with Gasteiger partial charge < -0.3 is 5.41 Å². The maximum Gasteiger partial charge on any atom is 1.00 e. The van der Waals surface area contributed by atoms with Crippen LogP contribution >= 0.6 is 0 Å². The Balaban J connectivity index is 0. The summed E-state index contributed by atoms with van der Waals surface area (Å²) in [5, 5.41) is 9.64. The Hall–Kier alpha value is 0.267. The number of hydrogen-bond donors (Lipinski definition) is 0. The number of nitrogens with zero attached hydrogens (tertiary/aromatic N) is 1. The van der Waals surface area contributed by atoms with Gasteiger partial charge in [0.2, 0.25) is 0 Å². The second kappa shape index (κ2) is 3.78. The first-order valence-corrected chi connectivity index (χ1v) is 3.72. The van der Waals surface area contributed by atoms with Gasteiger partial charge in [0.05, 0.1) is 0 Å². The summed E-state index contributed by atoms with van der Waals surface area (Å²) in [6.45, 7) is 12.1. The van der Waals surface area contributed by atoms with Crippen LogP contribution < -0.4 is 18.9 Å². The van der Waals surface area contributed by atoms with E-state index in [1.54, 1.807) is 0 Å². The molecule has 0 aromatic carbocycles. The average molecular weight is 147 g/mol. The third-order valence-corrected chi connectivity index (χ3v) is 1.42. The van der Waals surface area contributed by atoms with Crippen molar-refractivity contribution >= 4 is 5.71 Å². The maximum absolute atomic E-state index is 9.64. The van der Waals surface area contributed by atoms with Crippen molar-refractivity contribution in [1.82, 2.24) is 0 Å².